The van der Waals surface area contributed by atoms with Crippen molar-refractivity contribution in [1.29, 1.82) is 0 Å². The minimum absolute atomic E-state index is 0.367. The molecule has 1 aromatic carbocycles. The van der Waals surface area contributed by atoms with Crippen LogP contribution in [-0.2, 0) is 0 Å². The average molecular weight is 269 g/mol. The van der Waals surface area contributed by atoms with Crippen LogP contribution in [0, 0.1) is 5.92 Å². The highest BCUT2D eigenvalue weighted by atomic mass is 35.5. The molecule has 1 fully saturated rings. The summed E-state index contributed by atoms with van der Waals surface area (Å²) in [6.07, 6.45) is 4.01. The van der Waals surface area contributed by atoms with Crippen LogP contribution in [0.2, 0.25) is 5.02 Å². The van der Waals surface area contributed by atoms with Crippen LogP contribution in [0.4, 0.5) is 5.69 Å². The van der Waals surface area contributed by atoms with E-state index in [4.69, 9.17) is 29.6 Å². The quantitative estimate of drug-likeness (QED) is 0.851. The van der Waals surface area contributed by atoms with Gasteiger partial charge in [0, 0.05) is 19.3 Å². The number of hydrogen-bond donors (Lipinski definition) is 1. The molecule has 4 heteroatoms. The zero-order valence-corrected chi connectivity index (χ0v) is 11.5. The van der Waals surface area contributed by atoms with E-state index in [1.807, 2.05) is 18.2 Å². The highest BCUT2D eigenvalue weighted by Crippen LogP contribution is 2.31. The molecule has 17 heavy (non-hydrogen) atoms. The number of thiocarbonyl (C=S) groups is 1. The molecule has 0 saturated heterocycles. The van der Waals surface area contributed by atoms with E-state index in [1.165, 1.54) is 19.3 Å². The van der Waals surface area contributed by atoms with E-state index in [1.54, 1.807) is 0 Å². The Kier molecular flexibility index (Phi) is 3.89. The maximum absolute atomic E-state index is 6.16. The number of anilines is 1. The maximum Gasteiger partial charge on any atom is 0.107 e. The van der Waals surface area contributed by atoms with E-state index in [2.05, 4.69) is 11.9 Å². The van der Waals surface area contributed by atoms with E-state index >= 15 is 0 Å². The van der Waals surface area contributed by atoms with Gasteiger partial charge in [-0.1, -0.05) is 36.3 Å². The summed E-state index contributed by atoms with van der Waals surface area (Å²) in [5.74, 6) is 0.804. The molecule has 1 saturated carbocycles. The predicted octanol–water partition coefficient (Wildman–Crippen LogP) is 3.21. The third-order valence-corrected chi connectivity index (χ3v) is 3.93. The van der Waals surface area contributed by atoms with Gasteiger partial charge < -0.3 is 10.6 Å². The molecule has 0 atom stereocenters. The summed E-state index contributed by atoms with van der Waals surface area (Å²) in [6.45, 7) is 1.05. The number of nitrogens with two attached hydrogens (primary N) is 1. The van der Waals surface area contributed by atoms with Crippen molar-refractivity contribution in [3.63, 3.8) is 0 Å². The van der Waals surface area contributed by atoms with Gasteiger partial charge in [-0.2, -0.15) is 0 Å². The summed E-state index contributed by atoms with van der Waals surface area (Å²) in [7, 11) is 2.08. The molecule has 0 spiro atoms. The Hall–Kier alpha value is -0.800. The molecule has 1 aromatic rings. The topological polar surface area (TPSA) is 29.3 Å². The first-order valence-electron chi connectivity index (χ1n) is 5.89. The molecular formula is C13H17ClN2S. The Labute approximate surface area is 113 Å². The van der Waals surface area contributed by atoms with E-state index in [9.17, 15) is 0 Å². The Balaban J connectivity index is 2.23. The third kappa shape index (κ3) is 2.72. The summed E-state index contributed by atoms with van der Waals surface area (Å²) < 4.78 is 0. The van der Waals surface area contributed by atoms with Crippen molar-refractivity contribution in [3.8, 4) is 0 Å². The fourth-order valence-electron chi connectivity index (χ4n) is 2.24. The zero-order valence-electron chi connectivity index (χ0n) is 9.95. The maximum atomic E-state index is 6.16. The summed E-state index contributed by atoms with van der Waals surface area (Å²) in [4.78, 5) is 2.58. The third-order valence-electron chi connectivity index (χ3n) is 3.41. The van der Waals surface area contributed by atoms with Crippen LogP contribution in [0.1, 0.15) is 24.8 Å². The van der Waals surface area contributed by atoms with E-state index in [0.29, 0.717) is 10.0 Å². The van der Waals surface area contributed by atoms with Gasteiger partial charge in [0.15, 0.2) is 0 Å². The molecule has 2 rings (SSSR count). The number of rotatable bonds is 4. The second-order valence-corrected chi connectivity index (χ2v) is 5.52. The number of halogens is 1. The Morgan fingerprint density at radius 1 is 1.53 bits per heavy atom. The van der Waals surface area contributed by atoms with Crippen LogP contribution in [0.15, 0.2) is 18.2 Å². The molecule has 2 N–H and O–H groups in total. The van der Waals surface area contributed by atoms with Gasteiger partial charge in [-0.05, 0) is 30.9 Å². The van der Waals surface area contributed by atoms with Crippen molar-refractivity contribution in [1.82, 2.24) is 0 Å². The highest BCUT2D eigenvalue weighted by molar-refractivity contribution is 7.80. The zero-order chi connectivity index (χ0) is 12.4. The summed E-state index contributed by atoms with van der Waals surface area (Å²) in [5, 5.41) is 0.635. The smallest absolute Gasteiger partial charge is 0.107 e. The lowest BCUT2D eigenvalue weighted by molar-refractivity contribution is 0.321. The van der Waals surface area contributed by atoms with Crippen molar-refractivity contribution in [2.75, 3.05) is 18.5 Å². The molecule has 0 heterocycles. The van der Waals surface area contributed by atoms with Gasteiger partial charge in [0.25, 0.3) is 0 Å². The minimum Gasteiger partial charge on any atom is -0.389 e. The normalized spacial score (nSPS) is 15.4. The fraction of sp³-hybridized carbons (Fsp3) is 0.462. The summed E-state index contributed by atoms with van der Waals surface area (Å²) in [6, 6.07) is 5.80. The molecule has 0 unspecified atom stereocenters. The SMILES string of the molecule is CN(CC1CCC1)c1cccc(Cl)c1C(N)=S. The highest BCUT2D eigenvalue weighted by Gasteiger charge is 2.21. The fourth-order valence-corrected chi connectivity index (χ4v) is 2.78. The molecule has 0 aliphatic heterocycles. The monoisotopic (exact) mass is 268 g/mol. The lowest BCUT2D eigenvalue weighted by Crippen LogP contribution is -2.30. The summed E-state index contributed by atoms with van der Waals surface area (Å²) in [5.41, 5.74) is 7.59. The number of benzene rings is 1. The molecule has 0 bridgehead atoms. The Morgan fingerprint density at radius 3 is 2.76 bits per heavy atom. The number of hydrogen-bond acceptors (Lipinski definition) is 2. The van der Waals surface area contributed by atoms with Crippen LogP contribution in [0.3, 0.4) is 0 Å². The van der Waals surface area contributed by atoms with E-state index < -0.39 is 0 Å². The molecular weight excluding hydrogens is 252 g/mol. The second kappa shape index (κ2) is 5.23. The first kappa shape index (κ1) is 12.7. The van der Waals surface area contributed by atoms with Gasteiger partial charge >= 0.3 is 0 Å². The van der Waals surface area contributed by atoms with Crippen molar-refractivity contribution >= 4 is 34.5 Å². The van der Waals surface area contributed by atoms with Crippen LogP contribution in [0.25, 0.3) is 0 Å². The standard InChI is InChI=1S/C13H17ClN2S/c1-16(8-9-4-2-5-9)11-7-3-6-10(14)12(11)13(15)17/h3,6-7,9H,2,4-5,8H2,1H3,(H2,15,17). The molecule has 0 amide bonds. The first-order valence-corrected chi connectivity index (χ1v) is 6.67. The van der Waals surface area contributed by atoms with Crippen LogP contribution < -0.4 is 10.6 Å². The van der Waals surface area contributed by atoms with Crippen LogP contribution in [0.5, 0.6) is 0 Å². The Bertz CT molecular complexity index is 429. The van der Waals surface area contributed by atoms with Crippen molar-refractivity contribution in [3.05, 3.63) is 28.8 Å². The Morgan fingerprint density at radius 2 is 2.24 bits per heavy atom. The largest absolute Gasteiger partial charge is 0.389 e. The van der Waals surface area contributed by atoms with E-state index in [0.717, 1.165) is 23.7 Å². The van der Waals surface area contributed by atoms with Gasteiger partial charge in [-0.15, -0.1) is 0 Å². The van der Waals surface area contributed by atoms with Crippen molar-refractivity contribution in [2.24, 2.45) is 11.7 Å². The molecule has 92 valence electrons. The van der Waals surface area contributed by atoms with Gasteiger partial charge in [-0.3, -0.25) is 0 Å². The average Bonchev–Trinajstić information content (AvgIpc) is 2.22. The van der Waals surface area contributed by atoms with Crippen LogP contribution >= 0.6 is 23.8 Å². The lowest BCUT2D eigenvalue weighted by atomic mass is 9.85. The molecule has 1 aliphatic carbocycles. The molecule has 0 radical (unpaired) electrons. The lowest BCUT2D eigenvalue weighted by Gasteiger charge is -2.32. The van der Waals surface area contributed by atoms with Gasteiger partial charge in [0.2, 0.25) is 0 Å². The van der Waals surface area contributed by atoms with Gasteiger partial charge in [0.1, 0.15) is 4.99 Å². The molecule has 0 aromatic heterocycles. The van der Waals surface area contributed by atoms with Gasteiger partial charge in [-0.25, -0.2) is 0 Å². The van der Waals surface area contributed by atoms with Crippen LogP contribution in [-0.4, -0.2) is 18.6 Å². The van der Waals surface area contributed by atoms with Crippen molar-refractivity contribution in [2.45, 2.75) is 19.3 Å². The second-order valence-electron chi connectivity index (χ2n) is 4.68. The summed E-state index contributed by atoms with van der Waals surface area (Å²) >= 11 is 11.2. The first-order chi connectivity index (χ1) is 8.09. The predicted molar refractivity (Wildman–Crippen MR) is 78.0 cm³/mol. The molecule has 1 aliphatic rings. The van der Waals surface area contributed by atoms with E-state index in [-0.39, 0.29) is 0 Å². The van der Waals surface area contributed by atoms with Gasteiger partial charge in [0.05, 0.1) is 10.6 Å². The minimum atomic E-state index is 0.367. The number of nitrogens with zero attached hydrogens (tertiary/aromatic N) is 1. The van der Waals surface area contributed by atoms with Crippen molar-refractivity contribution < 1.29 is 0 Å². The molecule has 2 nitrogen and oxygen atoms in total.